The molecule has 84 valence electrons. The number of aromatic nitrogens is 3. The fraction of sp³-hybridized carbons (Fsp3) is 0.273. The quantitative estimate of drug-likeness (QED) is 0.834. The third-order valence-corrected chi connectivity index (χ3v) is 2.51. The highest BCUT2D eigenvalue weighted by molar-refractivity contribution is 6.29. The predicted molar refractivity (Wildman–Crippen MR) is 64.5 cm³/mol. The topological polar surface area (TPSA) is 42.7 Å². The number of pyridine rings is 1. The number of anilines is 1. The van der Waals surface area contributed by atoms with Crippen molar-refractivity contribution < 1.29 is 0 Å². The van der Waals surface area contributed by atoms with E-state index in [0.717, 1.165) is 11.4 Å². The van der Waals surface area contributed by atoms with Gasteiger partial charge in [-0.05, 0) is 19.1 Å². The first-order valence-corrected chi connectivity index (χ1v) is 5.40. The van der Waals surface area contributed by atoms with E-state index in [9.17, 15) is 0 Å². The van der Waals surface area contributed by atoms with Gasteiger partial charge in [0.15, 0.2) is 0 Å². The van der Waals surface area contributed by atoms with Crippen LogP contribution < -0.4 is 5.32 Å². The van der Waals surface area contributed by atoms with Crippen LogP contribution in [-0.4, -0.2) is 14.8 Å². The Morgan fingerprint density at radius 3 is 2.88 bits per heavy atom. The van der Waals surface area contributed by atoms with Crippen LogP contribution in [0.2, 0.25) is 5.15 Å². The van der Waals surface area contributed by atoms with Crippen LogP contribution >= 0.6 is 11.6 Å². The van der Waals surface area contributed by atoms with Crippen molar-refractivity contribution in [1.29, 1.82) is 0 Å². The summed E-state index contributed by atoms with van der Waals surface area (Å²) in [5.74, 6) is 0.767. The van der Waals surface area contributed by atoms with Crippen molar-refractivity contribution in [3.05, 3.63) is 41.3 Å². The number of nitrogens with zero attached hydrogens (tertiary/aromatic N) is 3. The Balaban J connectivity index is 2.10. The molecule has 16 heavy (non-hydrogen) atoms. The van der Waals surface area contributed by atoms with Crippen LogP contribution in [0.25, 0.3) is 0 Å². The number of rotatable bonds is 3. The van der Waals surface area contributed by atoms with Gasteiger partial charge in [-0.2, -0.15) is 5.10 Å². The summed E-state index contributed by atoms with van der Waals surface area (Å²) in [6.07, 6.45) is 3.81. The van der Waals surface area contributed by atoms with E-state index in [-0.39, 0.29) is 6.04 Å². The molecule has 2 rings (SSSR count). The highest BCUT2D eigenvalue weighted by Gasteiger charge is 2.07. The van der Waals surface area contributed by atoms with E-state index in [2.05, 4.69) is 22.3 Å². The molecule has 0 bridgehead atoms. The third kappa shape index (κ3) is 2.52. The molecule has 5 heteroatoms. The first-order valence-electron chi connectivity index (χ1n) is 5.03. The molecule has 0 aromatic carbocycles. The van der Waals surface area contributed by atoms with Gasteiger partial charge in [0.25, 0.3) is 0 Å². The normalized spacial score (nSPS) is 12.4. The summed E-state index contributed by atoms with van der Waals surface area (Å²) in [5, 5.41) is 7.88. The molecule has 2 heterocycles. The van der Waals surface area contributed by atoms with Crippen LogP contribution in [0.1, 0.15) is 18.5 Å². The lowest BCUT2D eigenvalue weighted by Gasteiger charge is -2.12. The molecule has 2 aromatic rings. The zero-order chi connectivity index (χ0) is 11.5. The van der Waals surface area contributed by atoms with E-state index in [0.29, 0.717) is 5.15 Å². The summed E-state index contributed by atoms with van der Waals surface area (Å²) in [4.78, 5) is 4.17. The molecule has 0 aliphatic rings. The number of nitrogens with one attached hydrogen (secondary N) is 1. The second kappa shape index (κ2) is 4.53. The maximum absolute atomic E-state index is 5.81. The molecule has 0 fully saturated rings. The molecule has 0 saturated carbocycles. The second-order valence-electron chi connectivity index (χ2n) is 3.66. The lowest BCUT2D eigenvalue weighted by Crippen LogP contribution is -2.07. The van der Waals surface area contributed by atoms with E-state index in [1.807, 2.05) is 31.6 Å². The Labute approximate surface area is 99.3 Å². The zero-order valence-corrected chi connectivity index (χ0v) is 9.94. The van der Waals surface area contributed by atoms with Gasteiger partial charge in [0.05, 0.1) is 12.2 Å². The monoisotopic (exact) mass is 236 g/mol. The smallest absolute Gasteiger partial charge is 0.131 e. The molecule has 1 N–H and O–H groups in total. The van der Waals surface area contributed by atoms with E-state index in [4.69, 9.17) is 11.6 Å². The van der Waals surface area contributed by atoms with E-state index >= 15 is 0 Å². The molecule has 4 nitrogen and oxygen atoms in total. The van der Waals surface area contributed by atoms with Crippen LogP contribution in [0, 0.1) is 0 Å². The van der Waals surface area contributed by atoms with Crippen molar-refractivity contribution in [1.82, 2.24) is 14.8 Å². The number of hydrogen-bond acceptors (Lipinski definition) is 3. The van der Waals surface area contributed by atoms with Crippen molar-refractivity contribution in [2.45, 2.75) is 13.0 Å². The molecule has 0 aliphatic heterocycles. The molecular formula is C11H13ClN4. The standard InChI is InChI=1S/C11H13ClN4/c1-8(9-6-13-16(2)7-9)14-11-5-3-4-10(12)15-11/h3-8H,1-2H3,(H,14,15). The summed E-state index contributed by atoms with van der Waals surface area (Å²) in [7, 11) is 1.90. The van der Waals surface area contributed by atoms with Gasteiger partial charge < -0.3 is 5.32 Å². The summed E-state index contributed by atoms with van der Waals surface area (Å²) in [6.45, 7) is 2.06. The SMILES string of the molecule is CC(Nc1cccc(Cl)n1)c1cnn(C)c1. The fourth-order valence-electron chi connectivity index (χ4n) is 1.46. The minimum Gasteiger partial charge on any atom is -0.363 e. The number of aryl methyl sites for hydroxylation is 1. The molecule has 0 radical (unpaired) electrons. The summed E-state index contributed by atoms with van der Waals surface area (Å²) in [5.41, 5.74) is 1.12. The van der Waals surface area contributed by atoms with Gasteiger partial charge in [0.2, 0.25) is 0 Å². The largest absolute Gasteiger partial charge is 0.363 e. The van der Waals surface area contributed by atoms with Crippen LogP contribution in [0.15, 0.2) is 30.6 Å². The molecule has 1 unspecified atom stereocenters. The Hall–Kier alpha value is -1.55. The van der Waals surface area contributed by atoms with Crippen LogP contribution in [0.4, 0.5) is 5.82 Å². The van der Waals surface area contributed by atoms with Crippen molar-refractivity contribution in [2.24, 2.45) is 7.05 Å². The van der Waals surface area contributed by atoms with Gasteiger partial charge in [-0.3, -0.25) is 4.68 Å². The Morgan fingerprint density at radius 1 is 1.44 bits per heavy atom. The average Bonchev–Trinajstić information content (AvgIpc) is 2.65. The highest BCUT2D eigenvalue weighted by atomic mass is 35.5. The van der Waals surface area contributed by atoms with Gasteiger partial charge in [-0.25, -0.2) is 4.98 Å². The third-order valence-electron chi connectivity index (χ3n) is 2.30. The summed E-state index contributed by atoms with van der Waals surface area (Å²) < 4.78 is 1.78. The molecule has 0 amide bonds. The van der Waals surface area contributed by atoms with Crippen molar-refractivity contribution in [3.8, 4) is 0 Å². The summed E-state index contributed by atoms with van der Waals surface area (Å²) >= 11 is 5.81. The van der Waals surface area contributed by atoms with E-state index < -0.39 is 0 Å². The van der Waals surface area contributed by atoms with E-state index in [1.54, 1.807) is 10.7 Å². The van der Waals surface area contributed by atoms with Crippen molar-refractivity contribution in [2.75, 3.05) is 5.32 Å². The molecular weight excluding hydrogens is 224 g/mol. The Kier molecular flexibility index (Phi) is 3.10. The molecule has 1 atom stereocenters. The zero-order valence-electron chi connectivity index (χ0n) is 9.18. The van der Waals surface area contributed by atoms with Gasteiger partial charge in [0, 0.05) is 18.8 Å². The van der Waals surface area contributed by atoms with Crippen LogP contribution in [0.3, 0.4) is 0 Å². The Morgan fingerprint density at radius 2 is 2.25 bits per heavy atom. The molecule has 0 saturated heterocycles. The molecule has 0 spiro atoms. The maximum atomic E-state index is 5.81. The van der Waals surface area contributed by atoms with E-state index in [1.165, 1.54) is 0 Å². The molecule has 0 aliphatic carbocycles. The number of halogens is 1. The predicted octanol–water partition coefficient (Wildman–Crippen LogP) is 2.64. The average molecular weight is 237 g/mol. The lowest BCUT2D eigenvalue weighted by atomic mass is 10.2. The first kappa shape index (κ1) is 11.0. The maximum Gasteiger partial charge on any atom is 0.131 e. The van der Waals surface area contributed by atoms with Gasteiger partial charge >= 0.3 is 0 Å². The van der Waals surface area contributed by atoms with Gasteiger partial charge in [0.1, 0.15) is 11.0 Å². The van der Waals surface area contributed by atoms with Gasteiger partial charge in [-0.15, -0.1) is 0 Å². The lowest BCUT2D eigenvalue weighted by molar-refractivity contribution is 0.765. The Bertz CT molecular complexity index is 480. The minimum atomic E-state index is 0.152. The molecule has 2 aromatic heterocycles. The van der Waals surface area contributed by atoms with Crippen molar-refractivity contribution >= 4 is 17.4 Å². The minimum absolute atomic E-state index is 0.152. The highest BCUT2D eigenvalue weighted by Crippen LogP contribution is 2.18. The van der Waals surface area contributed by atoms with Gasteiger partial charge in [-0.1, -0.05) is 17.7 Å². The summed E-state index contributed by atoms with van der Waals surface area (Å²) in [6, 6.07) is 5.66. The first-order chi connectivity index (χ1) is 7.65. The second-order valence-corrected chi connectivity index (χ2v) is 4.05. The van der Waals surface area contributed by atoms with Crippen LogP contribution in [-0.2, 0) is 7.05 Å². The number of hydrogen-bond donors (Lipinski definition) is 1. The fourth-order valence-corrected chi connectivity index (χ4v) is 1.62. The van der Waals surface area contributed by atoms with Crippen molar-refractivity contribution in [3.63, 3.8) is 0 Å². The van der Waals surface area contributed by atoms with Crippen LogP contribution in [0.5, 0.6) is 0 Å².